The highest BCUT2D eigenvalue weighted by Gasteiger charge is 2.30. The van der Waals surface area contributed by atoms with E-state index in [1.165, 1.54) is 15.3 Å². The van der Waals surface area contributed by atoms with Gasteiger partial charge in [-0.3, -0.25) is 9.59 Å². The number of nitrogens with one attached hydrogen (secondary N) is 1. The highest BCUT2D eigenvalue weighted by atomic mass is 19.1. The predicted octanol–water partition coefficient (Wildman–Crippen LogP) is 4.18. The van der Waals surface area contributed by atoms with Crippen LogP contribution >= 0.6 is 0 Å². The maximum atomic E-state index is 14.7. The first-order chi connectivity index (χ1) is 15.8. The number of anilines is 3. The fourth-order valence-corrected chi connectivity index (χ4v) is 4.19. The molecule has 2 heterocycles. The van der Waals surface area contributed by atoms with Crippen LogP contribution in [0.15, 0.2) is 52.1 Å². The molecular weight excluding hydrogens is 421 g/mol. The Balaban J connectivity index is 1.90. The third kappa shape index (κ3) is 3.47. The summed E-state index contributed by atoms with van der Waals surface area (Å²) in [7, 11) is 1.62. The predicted molar refractivity (Wildman–Crippen MR) is 129 cm³/mol. The van der Waals surface area contributed by atoms with Gasteiger partial charge in [0.25, 0.3) is 11.1 Å². The van der Waals surface area contributed by atoms with Crippen molar-refractivity contribution >= 4 is 28.0 Å². The van der Waals surface area contributed by atoms with E-state index in [0.717, 1.165) is 18.4 Å². The largest absolute Gasteiger partial charge is 0.399 e. The molecule has 0 amide bonds. The number of nitrogen functional groups attached to an aromatic ring is 1. The monoisotopic (exact) mass is 445 g/mol. The van der Waals surface area contributed by atoms with Crippen LogP contribution in [0.1, 0.15) is 30.0 Å². The number of nitrogens with two attached hydrogens (primary N) is 1. The lowest BCUT2D eigenvalue weighted by molar-refractivity contribution is 0.607. The van der Waals surface area contributed by atoms with Crippen molar-refractivity contribution < 1.29 is 4.39 Å². The van der Waals surface area contributed by atoms with Crippen molar-refractivity contribution in [1.29, 1.82) is 0 Å². The van der Waals surface area contributed by atoms with Gasteiger partial charge in [0, 0.05) is 23.9 Å². The minimum atomic E-state index is -0.462. The molecule has 1 aliphatic carbocycles. The molecule has 1 saturated carbocycles. The Morgan fingerprint density at radius 1 is 1.09 bits per heavy atom. The quantitative estimate of drug-likeness (QED) is 0.460. The van der Waals surface area contributed by atoms with Crippen LogP contribution < -0.4 is 22.2 Å². The summed E-state index contributed by atoms with van der Waals surface area (Å²) in [5, 5.41) is 8.01. The van der Waals surface area contributed by atoms with Gasteiger partial charge in [-0.1, -0.05) is 18.2 Å². The van der Waals surface area contributed by atoms with E-state index in [1.54, 1.807) is 51.2 Å². The molecule has 33 heavy (non-hydrogen) atoms. The van der Waals surface area contributed by atoms with E-state index < -0.39 is 5.82 Å². The fraction of sp³-hybridized carbons (Fsp3) is 0.240. The zero-order chi connectivity index (χ0) is 23.4. The summed E-state index contributed by atoms with van der Waals surface area (Å²) in [6.07, 6.45) is 1.71. The van der Waals surface area contributed by atoms with E-state index in [0.29, 0.717) is 39.1 Å². The molecule has 2 aromatic heterocycles. The number of fused-ring (bicyclic) bond motifs is 1. The van der Waals surface area contributed by atoms with Gasteiger partial charge in [0.1, 0.15) is 11.5 Å². The SMILES string of the molecule is Cc1ccc(Nc2c(C)c(=O)n(C)c3c(-c4cccc(N)c4)nn(C4CC4)c(=O)c23)c(F)c1. The van der Waals surface area contributed by atoms with Gasteiger partial charge in [0.05, 0.1) is 28.3 Å². The number of hydrogen-bond donors (Lipinski definition) is 2. The Morgan fingerprint density at radius 2 is 1.85 bits per heavy atom. The second-order valence-corrected chi connectivity index (χ2v) is 8.65. The van der Waals surface area contributed by atoms with Crippen LogP contribution in [-0.4, -0.2) is 14.3 Å². The number of hydrogen-bond acceptors (Lipinski definition) is 5. The first-order valence-corrected chi connectivity index (χ1v) is 10.8. The lowest BCUT2D eigenvalue weighted by atomic mass is 10.0. The highest BCUT2D eigenvalue weighted by molar-refractivity contribution is 6.00. The van der Waals surface area contributed by atoms with Gasteiger partial charge in [0.2, 0.25) is 0 Å². The maximum Gasteiger partial charge on any atom is 0.278 e. The van der Waals surface area contributed by atoms with Gasteiger partial charge in [-0.2, -0.15) is 5.10 Å². The molecule has 5 rings (SSSR count). The number of benzene rings is 2. The molecule has 0 radical (unpaired) electrons. The molecule has 168 valence electrons. The summed E-state index contributed by atoms with van der Waals surface area (Å²) in [5.41, 5.74) is 9.10. The first-order valence-electron chi connectivity index (χ1n) is 10.8. The summed E-state index contributed by atoms with van der Waals surface area (Å²) in [6.45, 7) is 3.43. The molecular formula is C25H24FN5O2. The Kier molecular flexibility index (Phi) is 4.81. The van der Waals surface area contributed by atoms with Crippen LogP contribution in [0.4, 0.5) is 21.5 Å². The van der Waals surface area contributed by atoms with Gasteiger partial charge in [-0.15, -0.1) is 0 Å². The van der Waals surface area contributed by atoms with Gasteiger partial charge < -0.3 is 15.6 Å². The summed E-state index contributed by atoms with van der Waals surface area (Å²) in [4.78, 5) is 26.8. The van der Waals surface area contributed by atoms with E-state index in [9.17, 15) is 14.0 Å². The minimum Gasteiger partial charge on any atom is -0.399 e. The average Bonchev–Trinajstić information content (AvgIpc) is 3.62. The van der Waals surface area contributed by atoms with Gasteiger partial charge in [0.15, 0.2) is 0 Å². The van der Waals surface area contributed by atoms with Crippen molar-refractivity contribution in [3.8, 4) is 11.3 Å². The van der Waals surface area contributed by atoms with Crippen LogP contribution in [-0.2, 0) is 7.05 Å². The molecule has 0 aliphatic heterocycles. The average molecular weight is 445 g/mol. The molecule has 1 fully saturated rings. The fourth-order valence-electron chi connectivity index (χ4n) is 4.19. The molecule has 0 bridgehead atoms. The van der Waals surface area contributed by atoms with Crippen LogP contribution in [0.3, 0.4) is 0 Å². The van der Waals surface area contributed by atoms with Gasteiger partial charge >= 0.3 is 0 Å². The second kappa shape index (κ2) is 7.58. The zero-order valence-electron chi connectivity index (χ0n) is 18.6. The molecule has 0 spiro atoms. The molecule has 3 N–H and O–H groups in total. The summed E-state index contributed by atoms with van der Waals surface area (Å²) < 4.78 is 17.6. The van der Waals surface area contributed by atoms with Crippen LogP contribution in [0.5, 0.6) is 0 Å². The number of pyridine rings is 1. The molecule has 1 aliphatic rings. The lowest BCUT2D eigenvalue weighted by Crippen LogP contribution is -2.29. The van der Waals surface area contributed by atoms with E-state index in [4.69, 9.17) is 5.73 Å². The van der Waals surface area contributed by atoms with Crippen molar-refractivity contribution in [3.63, 3.8) is 0 Å². The second-order valence-electron chi connectivity index (χ2n) is 8.65. The normalized spacial score (nSPS) is 13.5. The Morgan fingerprint density at radius 3 is 2.52 bits per heavy atom. The maximum absolute atomic E-state index is 14.7. The molecule has 8 heteroatoms. The van der Waals surface area contributed by atoms with E-state index >= 15 is 0 Å². The highest BCUT2D eigenvalue weighted by Crippen LogP contribution is 2.37. The summed E-state index contributed by atoms with van der Waals surface area (Å²) in [5.74, 6) is -0.462. The first kappa shape index (κ1) is 20.9. The lowest BCUT2D eigenvalue weighted by Gasteiger charge is -2.19. The summed E-state index contributed by atoms with van der Waals surface area (Å²) in [6, 6.07) is 12.0. The van der Waals surface area contributed by atoms with Gasteiger partial charge in [-0.25, -0.2) is 9.07 Å². The number of aromatic nitrogens is 3. The molecule has 0 saturated heterocycles. The number of aryl methyl sites for hydroxylation is 2. The minimum absolute atomic E-state index is 0.00297. The van der Waals surface area contributed by atoms with Gasteiger partial charge in [-0.05, 0) is 56.5 Å². The number of nitrogens with zero attached hydrogens (tertiary/aromatic N) is 3. The van der Waals surface area contributed by atoms with Crippen LogP contribution in [0, 0.1) is 19.7 Å². The van der Waals surface area contributed by atoms with Crippen molar-refractivity contribution in [2.75, 3.05) is 11.1 Å². The smallest absolute Gasteiger partial charge is 0.278 e. The van der Waals surface area contributed by atoms with E-state index in [1.807, 2.05) is 6.07 Å². The van der Waals surface area contributed by atoms with Crippen LogP contribution in [0.2, 0.25) is 0 Å². The van der Waals surface area contributed by atoms with E-state index in [-0.39, 0.29) is 22.8 Å². The molecule has 0 atom stereocenters. The topological polar surface area (TPSA) is 94.9 Å². The summed E-state index contributed by atoms with van der Waals surface area (Å²) >= 11 is 0. The van der Waals surface area contributed by atoms with Crippen molar-refractivity contribution in [1.82, 2.24) is 14.3 Å². The van der Waals surface area contributed by atoms with Crippen molar-refractivity contribution in [3.05, 3.63) is 80.1 Å². The Labute approximate surface area is 189 Å². The zero-order valence-corrected chi connectivity index (χ0v) is 18.6. The third-order valence-corrected chi connectivity index (χ3v) is 6.11. The molecule has 7 nitrogen and oxygen atoms in total. The Hall–Kier alpha value is -3.94. The number of rotatable bonds is 4. The molecule has 0 unspecified atom stereocenters. The Bertz CT molecular complexity index is 1550. The van der Waals surface area contributed by atoms with Crippen LogP contribution in [0.25, 0.3) is 22.2 Å². The molecule has 2 aromatic carbocycles. The standard InChI is InChI=1S/C25H24FN5O2/c1-13-7-10-19(18(26)11-13)28-21-14(2)24(32)30(3)23-20(21)25(33)31(17-8-9-17)29-22(23)15-5-4-6-16(27)12-15/h4-7,10-12,17,28H,8-9,27H2,1-3H3. The number of halogens is 1. The van der Waals surface area contributed by atoms with Crippen molar-refractivity contribution in [2.24, 2.45) is 7.05 Å². The van der Waals surface area contributed by atoms with E-state index in [2.05, 4.69) is 10.4 Å². The molecule has 4 aromatic rings. The third-order valence-electron chi connectivity index (χ3n) is 6.11. The van der Waals surface area contributed by atoms with Crippen molar-refractivity contribution in [2.45, 2.75) is 32.7 Å².